The second kappa shape index (κ2) is 8.72. The number of carbonyl (C=O) groups is 1. The van der Waals surface area contributed by atoms with E-state index < -0.39 is 0 Å². The van der Waals surface area contributed by atoms with E-state index in [0.717, 1.165) is 19.6 Å². The standard InChI is InChI=1S/C12H26N2O/c1-5-8-11(4)9-13-10-12(15)14(6-2)7-3/h11,13H,5-10H2,1-4H3. The molecule has 3 nitrogen and oxygen atoms in total. The van der Waals surface area contributed by atoms with Gasteiger partial charge in [-0.25, -0.2) is 0 Å². The maximum absolute atomic E-state index is 11.6. The lowest BCUT2D eigenvalue weighted by atomic mass is 10.1. The summed E-state index contributed by atoms with van der Waals surface area (Å²) in [5.74, 6) is 0.878. The molecule has 0 aromatic heterocycles. The van der Waals surface area contributed by atoms with Crippen LogP contribution in [0.25, 0.3) is 0 Å². The second-order valence-corrected chi connectivity index (χ2v) is 4.09. The molecule has 0 fully saturated rings. The van der Waals surface area contributed by atoms with Crippen LogP contribution in [0.3, 0.4) is 0 Å². The third-order valence-corrected chi connectivity index (χ3v) is 2.67. The molecule has 90 valence electrons. The van der Waals surface area contributed by atoms with Crippen molar-refractivity contribution < 1.29 is 4.79 Å². The van der Waals surface area contributed by atoms with E-state index in [1.165, 1.54) is 12.8 Å². The summed E-state index contributed by atoms with van der Waals surface area (Å²) < 4.78 is 0. The molecule has 0 aliphatic carbocycles. The molecule has 15 heavy (non-hydrogen) atoms. The van der Waals surface area contributed by atoms with Crippen molar-refractivity contribution in [3.05, 3.63) is 0 Å². The van der Waals surface area contributed by atoms with Crippen molar-refractivity contribution in [1.29, 1.82) is 0 Å². The molecule has 0 bridgehead atoms. The number of hydrogen-bond acceptors (Lipinski definition) is 2. The van der Waals surface area contributed by atoms with Gasteiger partial charge in [0.15, 0.2) is 0 Å². The Balaban J connectivity index is 3.62. The van der Waals surface area contributed by atoms with Crippen LogP contribution in [0.5, 0.6) is 0 Å². The van der Waals surface area contributed by atoms with Gasteiger partial charge in [0, 0.05) is 13.1 Å². The summed E-state index contributed by atoms with van der Waals surface area (Å²) >= 11 is 0. The summed E-state index contributed by atoms with van der Waals surface area (Å²) in [4.78, 5) is 13.5. The first kappa shape index (κ1) is 14.4. The summed E-state index contributed by atoms with van der Waals surface area (Å²) in [6.07, 6.45) is 2.44. The van der Waals surface area contributed by atoms with Gasteiger partial charge >= 0.3 is 0 Å². The number of hydrogen-bond donors (Lipinski definition) is 1. The summed E-state index contributed by atoms with van der Waals surface area (Å²) in [5, 5.41) is 3.23. The fraction of sp³-hybridized carbons (Fsp3) is 0.917. The minimum Gasteiger partial charge on any atom is -0.342 e. The minimum absolute atomic E-state index is 0.212. The molecule has 1 unspecified atom stereocenters. The van der Waals surface area contributed by atoms with Crippen LogP contribution >= 0.6 is 0 Å². The van der Waals surface area contributed by atoms with E-state index in [1.807, 2.05) is 18.7 Å². The maximum atomic E-state index is 11.6. The van der Waals surface area contributed by atoms with Gasteiger partial charge in [0.05, 0.1) is 6.54 Å². The molecule has 0 heterocycles. The zero-order chi connectivity index (χ0) is 11.7. The Morgan fingerprint density at radius 1 is 1.27 bits per heavy atom. The molecule has 0 aromatic carbocycles. The van der Waals surface area contributed by atoms with Gasteiger partial charge in [-0.3, -0.25) is 4.79 Å². The monoisotopic (exact) mass is 214 g/mol. The first-order valence-corrected chi connectivity index (χ1v) is 6.14. The lowest BCUT2D eigenvalue weighted by molar-refractivity contribution is -0.129. The van der Waals surface area contributed by atoms with E-state index in [0.29, 0.717) is 12.5 Å². The van der Waals surface area contributed by atoms with E-state index >= 15 is 0 Å². The highest BCUT2D eigenvalue weighted by atomic mass is 16.2. The number of carbonyl (C=O) groups excluding carboxylic acids is 1. The molecule has 1 N–H and O–H groups in total. The van der Waals surface area contributed by atoms with Gasteiger partial charge < -0.3 is 10.2 Å². The van der Waals surface area contributed by atoms with Gasteiger partial charge in [0.1, 0.15) is 0 Å². The average molecular weight is 214 g/mol. The number of nitrogens with zero attached hydrogens (tertiary/aromatic N) is 1. The van der Waals surface area contributed by atoms with Crippen LogP contribution in [0.2, 0.25) is 0 Å². The molecule has 3 heteroatoms. The molecule has 0 saturated carbocycles. The molecular formula is C12H26N2O. The van der Waals surface area contributed by atoms with Crippen LogP contribution < -0.4 is 5.32 Å². The third kappa shape index (κ3) is 6.50. The molecule has 0 aliphatic heterocycles. The Labute approximate surface area is 94.2 Å². The molecule has 0 saturated heterocycles. The molecule has 0 spiro atoms. The van der Waals surface area contributed by atoms with E-state index in [9.17, 15) is 4.79 Å². The van der Waals surface area contributed by atoms with Crippen LogP contribution in [0.15, 0.2) is 0 Å². The van der Waals surface area contributed by atoms with E-state index in [2.05, 4.69) is 19.2 Å². The van der Waals surface area contributed by atoms with Crippen molar-refractivity contribution in [1.82, 2.24) is 10.2 Å². The summed E-state index contributed by atoms with van der Waals surface area (Å²) in [7, 11) is 0. The van der Waals surface area contributed by atoms with Gasteiger partial charge in [-0.05, 0) is 32.7 Å². The third-order valence-electron chi connectivity index (χ3n) is 2.67. The van der Waals surface area contributed by atoms with Gasteiger partial charge in [-0.2, -0.15) is 0 Å². The second-order valence-electron chi connectivity index (χ2n) is 4.09. The molecule has 0 radical (unpaired) electrons. The van der Waals surface area contributed by atoms with Gasteiger partial charge in [-0.15, -0.1) is 0 Å². The molecule has 0 aromatic rings. The Hall–Kier alpha value is -0.570. The molecular weight excluding hydrogens is 188 g/mol. The number of likely N-dealkylation sites (N-methyl/N-ethyl adjacent to an activating group) is 1. The highest BCUT2D eigenvalue weighted by Crippen LogP contribution is 2.02. The predicted octanol–water partition coefficient (Wildman–Crippen LogP) is 1.88. The summed E-state index contributed by atoms with van der Waals surface area (Å²) in [6.45, 7) is 11.5. The van der Waals surface area contributed by atoms with Crippen molar-refractivity contribution in [2.45, 2.75) is 40.5 Å². The Morgan fingerprint density at radius 2 is 1.87 bits per heavy atom. The normalized spacial score (nSPS) is 12.5. The molecule has 0 rings (SSSR count). The largest absolute Gasteiger partial charge is 0.342 e. The highest BCUT2D eigenvalue weighted by Gasteiger charge is 2.08. The fourth-order valence-electron chi connectivity index (χ4n) is 1.71. The predicted molar refractivity (Wildman–Crippen MR) is 64.9 cm³/mol. The topological polar surface area (TPSA) is 32.3 Å². The minimum atomic E-state index is 0.212. The van der Waals surface area contributed by atoms with Crippen molar-refractivity contribution in [3.63, 3.8) is 0 Å². The average Bonchev–Trinajstić information content (AvgIpc) is 2.20. The summed E-state index contributed by atoms with van der Waals surface area (Å²) in [5.41, 5.74) is 0. The summed E-state index contributed by atoms with van der Waals surface area (Å²) in [6, 6.07) is 0. The lowest BCUT2D eigenvalue weighted by Gasteiger charge is -2.19. The number of nitrogens with one attached hydrogen (secondary N) is 1. The van der Waals surface area contributed by atoms with Crippen molar-refractivity contribution in [2.75, 3.05) is 26.2 Å². The van der Waals surface area contributed by atoms with Gasteiger partial charge in [-0.1, -0.05) is 20.3 Å². The van der Waals surface area contributed by atoms with Crippen LogP contribution in [-0.4, -0.2) is 37.0 Å². The van der Waals surface area contributed by atoms with Gasteiger partial charge in [0.25, 0.3) is 0 Å². The first-order chi connectivity index (χ1) is 7.15. The van der Waals surface area contributed by atoms with Crippen molar-refractivity contribution >= 4 is 5.91 Å². The molecule has 1 atom stereocenters. The van der Waals surface area contributed by atoms with Crippen LogP contribution in [0.4, 0.5) is 0 Å². The van der Waals surface area contributed by atoms with Crippen LogP contribution in [0, 0.1) is 5.92 Å². The van der Waals surface area contributed by atoms with Crippen molar-refractivity contribution in [3.8, 4) is 0 Å². The van der Waals surface area contributed by atoms with E-state index in [-0.39, 0.29) is 5.91 Å². The fourth-order valence-corrected chi connectivity index (χ4v) is 1.71. The van der Waals surface area contributed by atoms with E-state index in [1.54, 1.807) is 0 Å². The van der Waals surface area contributed by atoms with Crippen molar-refractivity contribution in [2.24, 2.45) is 5.92 Å². The zero-order valence-corrected chi connectivity index (χ0v) is 10.7. The maximum Gasteiger partial charge on any atom is 0.236 e. The van der Waals surface area contributed by atoms with Gasteiger partial charge in [0.2, 0.25) is 5.91 Å². The van der Waals surface area contributed by atoms with E-state index in [4.69, 9.17) is 0 Å². The number of rotatable bonds is 8. The highest BCUT2D eigenvalue weighted by molar-refractivity contribution is 5.78. The Morgan fingerprint density at radius 3 is 2.33 bits per heavy atom. The molecule has 1 amide bonds. The Bertz CT molecular complexity index is 167. The quantitative estimate of drug-likeness (QED) is 0.669. The lowest BCUT2D eigenvalue weighted by Crippen LogP contribution is -2.39. The zero-order valence-electron chi connectivity index (χ0n) is 10.7. The van der Waals surface area contributed by atoms with Crippen LogP contribution in [-0.2, 0) is 4.79 Å². The Kier molecular flexibility index (Phi) is 8.38. The molecule has 0 aliphatic rings. The first-order valence-electron chi connectivity index (χ1n) is 6.14. The number of amides is 1. The smallest absolute Gasteiger partial charge is 0.236 e. The van der Waals surface area contributed by atoms with Crippen LogP contribution in [0.1, 0.15) is 40.5 Å². The SMILES string of the molecule is CCCC(C)CNCC(=O)N(CC)CC.